The average molecular weight is 344 g/mol. The van der Waals surface area contributed by atoms with Gasteiger partial charge < -0.3 is 9.84 Å². The SMILES string of the molecule is COc1ccc([C@@H](O)CN2CCCC[C@H]2Cn2nc(C)nc2C)cc1. The molecule has 6 heteroatoms. The van der Waals surface area contributed by atoms with Gasteiger partial charge in [0, 0.05) is 12.6 Å². The third kappa shape index (κ3) is 4.38. The molecule has 2 heterocycles. The highest BCUT2D eigenvalue weighted by molar-refractivity contribution is 5.28. The Morgan fingerprint density at radius 2 is 2.00 bits per heavy atom. The molecule has 0 aliphatic carbocycles. The Labute approximate surface area is 149 Å². The number of hydrogen-bond donors (Lipinski definition) is 1. The summed E-state index contributed by atoms with van der Waals surface area (Å²) in [5, 5.41) is 15.2. The van der Waals surface area contributed by atoms with Crippen LogP contribution in [0.2, 0.25) is 0 Å². The minimum atomic E-state index is -0.495. The van der Waals surface area contributed by atoms with Gasteiger partial charge >= 0.3 is 0 Å². The van der Waals surface area contributed by atoms with E-state index in [1.165, 1.54) is 12.8 Å². The van der Waals surface area contributed by atoms with Crippen LogP contribution in [-0.2, 0) is 6.54 Å². The van der Waals surface area contributed by atoms with Gasteiger partial charge in [-0.05, 0) is 50.9 Å². The van der Waals surface area contributed by atoms with Crippen LogP contribution in [0.1, 0.15) is 42.6 Å². The van der Waals surface area contributed by atoms with Gasteiger partial charge in [0.25, 0.3) is 0 Å². The van der Waals surface area contributed by atoms with Crippen LogP contribution < -0.4 is 4.74 Å². The van der Waals surface area contributed by atoms with Gasteiger partial charge in [0.2, 0.25) is 0 Å². The molecule has 1 fully saturated rings. The third-order valence-corrected chi connectivity index (χ3v) is 5.00. The first-order valence-corrected chi connectivity index (χ1v) is 9.01. The number of rotatable bonds is 6. The molecule has 0 amide bonds. The first kappa shape index (κ1) is 17.9. The molecular weight excluding hydrogens is 316 g/mol. The minimum Gasteiger partial charge on any atom is -0.497 e. The molecule has 3 rings (SSSR count). The molecule has 1 saturated heterocycles. The van der Waals surface area contributed by atoms with Gasteiger partial charge in [0.05, 0.1) is 19.8 Å². The smallest absolute Gasteiger partial charge is 0.147 e. The standard InChI is InChI=1S/C19H28N4O2/c1-14-20-15(2)23(21-14)12-17-6-4-5-11-22(17)13-19(24)16-7-9-18(25-3)10-8-16/h7-10,17,19,24H,4-6,11-13H2,1-3H3/t17-,19-/m0/s1. The fourth-order valence-corrected chi connectivity index (χ4v) is 3.59. The van der Waals surface area contributed by atoms with Crippen molar-refractivity contribution in [3.05, 3.63) is 41.5 Å². The second-order valence-corrected chi connectivity index (χ2v) is 6.82. The highest BCUT2D eigenvalue weighted by atomic mass is 16.5. The van der Waals surface area contributed by atoms with E-state index in [4.69, 9.17) is 4.74 Å². The largest absolute Gasteiger partial charge is 0.497 e. The van der Waals surface area contributed by atoms with E-state index in [9.17, 15) is 5.11 Å². The number of aromatic nitrogens is 3. The topological polar surface area (TPSA) is 63.4 Å². The number of aliphatic hydroxyl groups excluding tert-OH is 1. The van der Waals surface area contributed by atoms with Gasteiger partial charge in [0.15, 0.2) is 0 Å². The molecular formula is C19H28N4O2. The number of ether oxygens (including phenoxy) is 1. The van der Waals surface area contributed by atoms with Gasteiger partial charge in [-0.15, -0.1) is 0 Å². The van der Waals surface area contributed by atoms with Crippen molar-refractivity contribution in [2.24, 2.45) is 0 Å². The maximum absolute atomic E-state index is 10.7. The number of benzene rings is 1. The highest BCUT2D eigenvalue weighted by Gasteiger charge is 2.26. The Morgan fingerprint density at radius 3 is 2.64 bits per heavy atom. The van der Waals surface area contributed by atoms with E-state index < -0.39 is 6.10 Å². The number of hydrogen-bond acceptors (Lipinski definition) is 5. The summed E-state index contributed by atoms with van der Waals surface area (Å²) >= 11 is 0. The number of piperidine rings is 1. The first-order chi connectivity index (χ1) is 12.1. The van der Waals surface area contributed by atoms with E-state index >= 15 is 0 Å². The predicted molar refractivity (Wildman–Crippen MR) is 96.7 cm³/mol. The molecule has 1 aliphatic rings. The van der Waals surface area contributed by atoms with Crippen LogP contribution in [-0.4, -0.2) is 51.0 Å². The van der Waals surface area contributed by atoms with Crippen molar-refractivity contribution in [3.63, 3.8) is 0 Å². The maximum atomic E-state index is 10.7. The van der Waals surface area contributed by atoms with Crippen molar-refractivity contribution in [1.82, 2.24) is 19.7 Å². The molecule has 136 valence electrons. The van der Waals surface area contributed by atoms with Crippen molar-refractivity contribution < 1.29 is 9.84 Å². The molecule has 0 spiro atoms. The molecule has 6 nitrogen and oxygen atoms in total. The van der Waals surface area contributed by atoms with Crippen molar-refractivity contribution in [2.45, 2.75) is 51.8 Å². The fraction of sp³-hybridized carbons (Fsp3) is 0.579. The van der Waals surface area contributed by atoms with E-state index in [-0.39, 0.29) is 0 Å². The van der Waals surface area contributed by atoms with E-state index in [0.717, 1.165) is 42.5 Å². The lowest BCUT2D eigenvalue weighted by Crippen LogP contribution is -2.44. The van der Waals surface area contributed by atoms with E-state index in [1.54, 1.807) is 7.11 Å². The number of methoxy groups -OCH3 is 1. The van der Waals surface area contributed by atoms with Crippen LogP contribution in [0, 0.1) is 13.8 Å². The minimum absolute atomic E-state index is 0.390. The number of nitrogens with zero attached hydrogens (tertiary/aromatic N) is 4. The van der Waals surface area contributed by atoms with E-state index in [2.05, 4.69) is 15.0 Å². The monoisotopic (exact) mass is 344 g/mol. The van der Waals surface area contributed by atoms with Gasteiger partial charge in [-0.2, -0.15) is 5.10 Å². The fourth-order valence-electron chi connectivity index (χ4n) is 3.59. The summed E-state index contributed by atoms with van der Waals surface area (Å²) in [4.78, 5) is 6.80. The Bertz CT molecular complexity index is 683. The van der Waals surface area contributed by atoms with Crippen LogP contribution in [0.15, 0.2) is 24.3 Å². The van der Waals surface area contributed by atoms with Gasteiger partial charge in [0.1, 0.15) is 17.4 Å². The Balaban J connectivity index is 1.66. The van der Waals surface area contributed by atoms with Crippen LogP contribution in [0.25, 0.3) is 0 Å². The summed E-state index contributed by atoms with van der Waals surface area (Å²) in [5.74, 6) is 2.58. The van der Waals surface area contributed by atoms with Crippen molar-refractivity contribution >= 4 is 0 Å². The zero-order valence-electron chi connectivity index (χ0n) is 15.4. The Morgan fingerprint density at radius 1 is 1.24 bits per heavy atom. The lowest BCUT2D eigenvalue weighted by atomic mass is 10.00. The predicted octanol–water partition coefficient (Wildman–Crippen LogP) is 2.49. The van der Waals surface area contributed by atoms with Crippen molar-refractivity contribution in [3.8, 4) is 5.75 Å². The van der Waals surface area contributed by atoms with Gasteiger partial charge in [-0.1, -0.05) is 18.6 Å². The van der Waals surface area contributed by atoms with Gasteiger partial charge in [-0.3, -0.25) is 4.90 Å². The Kier molecular flexibility index (Phi) is 5.71. The number of likely N-dealkylation sites (tertiary alicyclic amines) is 1. The molecule has 0 saturated carbocycles. The second kappa shape index (κ2) is 7.97. The molecule has 0 radical (unpaired) electrons. The zero-order valence-corrected chi connectivity index (χ0v) is 15.4. The molecule has 1 N–H and O–H groups in total. The summed E-state index contributed by atoms with van der Waals surface area (Å²) in [6.45, 7) is 6.42. The molecule has 2 aromatic rings. The average Bonchev–Trinajstić information content (AvgIpc) is 2.94. The molecule has 25 heavy (non-hydrogen) atoms. The molecule has 1 aliphatic heterocycles. The lowest BCUT2D eigenvalue weighted by Gasteiger charge is -2.37. The van der Waals surface area contributed by atoms with Crippen LogP contribution in [0.3, 0.4) is 0 Å². The summed E-state index contributed by atoms with van der Waals surface area (Å²) in [6, 6.07) is 8.06. The molecule has 2 atom stereocenters. The normalized spacial score (nSPS) is 19.8. The first-order valence-electron chi connectivity index (χ1n) is 9.01. The summed E-state index contributed by atoms with van der Waals surface area (Å²) < 4.78 is 7.19. The summed E-state index contributed by atoms with van der Waals surface area (Å²) in [5.41, 5.74) is 0.929. The number of aliphatic hydroxyl groups is 1. The third-order valence-electron chi connectivity index (χ3n) is 5.00. The van der Waals surface area contributed by atoms with Crippen molar-refractivity contribution in [1.29, 1.82) is 0 Å². The highest BCUT2D eigenvalue weighted by Crippen LogP contribution is 2.24. The summed E-state index contributed by atoms with van der Waals surface area (Å²) in [7, 11) is 1.65. The van der Waals surface area contributed by atoms with E-state index in [0.29, 0.717) is 12.6 Å². The van der Waals surface area contributed by atoms with Crippen LogP contribution >= 0.6 is 0 Å². The maximum Gasteiger partial charge on any atom is 0.147 e. The Hall–Kier alpha value is -1.92. The molecule has 1 aromatic heterocycles. The van der Waals surface area contributed by atoms with Gasteiger partial charge in [-0.25, -0.2) is 9.67 Å². The molecule has 1 aromatic carbocycles. The van der Waals surface area contributed by atoms with Crippen molar-refractivity contribution in [2.75, 3.05) is 20.2 Å². The van der Waals surface area contributed by atoms with Crippen LogP contribution in [0.4, 0.5) is 0 Å². The number of aryl methyl sites for hydroxylation is 2. The molecule has 0 unspecified atom stereocenters. The van der Waals surface area contributed by atoms with E-state index in [1.807, 2.05) is 42.8 Å². The quantitative estimate of drug-likeness (QED) is 0.872. The lowest BCUT2D eigenvalue weighted by molar-refractivity contribution is 0.0588. The zero-order chi connectivity index (χ0) is 17.8. The second-order valence-electron chi connectivity index (χ2n) is 6.82. The summed E-state index contributed by atoms with van der Waals surface area (Å²) in [6.07, 6.45) is 3.05. The molecule has 0 bridgehead atoms. The number of β-amino-alcohol motifs (C(OH)–C–C–N with tert-alkyl or cyclic N) is 1. The van der Waals surface area contributed by atoms with Crippen LogP contribution in [0.5, 0.6) is 5.75 Å².